The number of carbonyl (C=O) groups is 2. The molecule has 0 bridgehead atoms. The fourth-order valence-corrected chi connectivity index (χ4v) is 1.84. The van der Waals surface area contributed by atoms with Crippen molar-refractivity contribution in [2.45, 2.75) is 32.6 Å². The zero-order valence-corrected chi connectivity index (χ0v) is 8.55. The fourth-order valence-electron chi connectivity index (χ4n) is 1.84. The Bertz CT molecular complexity index is 308. The first kappa shape index (κ1) is 10.8. The maximum atomic E-state index is 11.6. The Morgan fingerprint density at radius 3 is 2.79 bits per heavy atom. The Kier molecular flexibility index (Phi) is 3.29. The molecule has 0 heterocycles. The summed E-state index contributed by atoms with van der Waals surface area (Å²) >= 11 is 0. The minimum atomic E-state index is -0.961. The van der Waals surface area contributed by atoms with Gasteiger partial charge in [-0.3, -0.25) is 9.59 Å². The smallest absolute Gasteiger partial charge is 0.320 e. The summed E-state index contributed by atoms with van der Waals surface area (Å²) < 4.78 is 4.68. The van der Waals surface area contributed by atoms with Crippen LogP contribution in [0.15, 0.2) is 0 Å². The molecule has 0 aliphatic heterocycles. The van der Waals surface area contributed by atoms with Gasteiger partial charge in [-0.05, 0) is 19.8 Å². The van der Waals surface area contributed by atoms with Crippen LogP contribution in [0.5, 0.6) is 0 Å². The van der Waals surface area contributed by atoms with E-state index < -0.39 is 11.4 Å². The molecule has 76 valence electrons. The summed E-state index contributed by atoms with van der Waals surface area (Å²) in [5.41, 5.74) is -0.961. The summed E-state index contributed by atoms with van der Waals surface area (Å²) in [6, 6.07) is 0. The molecule has 1 unspecified atom stereocenters. The number of hydrogen-bond donors (Lipinski definition) is 0. The van der Waals surface area contributed by atoms with Crippen molar-refractivity contribution in [1.29, 1.82) is 0 Å². The molecule has 0 aromatic rings. The Hall–Kier alpha value is -1.30. The average Bonchev–Trinajstić information content (AvgIpc) is 2.57. The molecule has 1 aliphatic carbocycles. The van der Waals surface area contributed by atoms with Crippen molar-refractivity contribution in [1.82, 2.24) is 0 Å². The van der Waals surface area contributed by atoms with Crippen LogP contribution < -0.4 is 0 Å². The summed E-state index contributed by atoms with van der Waals surface area (Å²) in [5.74, 6) is 5.06. The standard InChI is InChI=1S/C11H14O3/c1-3-4-7-11(10(13)14-2)8-5-6-9(11)12/h5-8H2,1-2H3. The summed E-state index contributed by atoms with van der Waals surface area (Å²) in [6.45, 7) is 1.70. The molecule has 0 amide bonds. The van der Waals surface area contributed by atoms with Crippen LogP contribution in [0.1, 0.15) is 32.6 Å². The summed E-state index contributed by atoms with van der Waals surface area (Å²) in [6.07, 6.45) is 2.11. The molecule has 1 rings (SSSR count). The van der Waals surface area contributed by atoms with Crippen LogP contribution in [0.3, 0.4) is 0 Å². The second-order valence-electron chi connectivity index (χ2n) is 3.45. The summed E-state index contributed by atoms with van der Waals surface area (Å²) in [4.78, 5) is 23.2. The SMILES string of the molecule is CC#CCC1(C(=O)OC)CCCC1=O. The Labute approximate surface area is 83.8 Å². The molecule has 1 atom stereocenters. The molecule has 0 spiro atoms. The van der Waals surface area contributed by atoms with Crippen molar-refractivity contribution in [3.05, 3.63) is 0 Å². The monoisotopic (exact) mass is 194 g/mol. The van der Waals surface area contributed by atoms with Gasteiger partial charge in [0.1, 0.15) is 5.41 Å². The minimum Gasteiger partial charge on any atom is -0.468 e. The molecule has 0 saturated heterocycles. The van der Waals surface area contributed by atoms with Crippen molar-refractivity contribution in [2.24, 2.45) is 5.41 Å². The van der Waals surface area contributed by atoms with Crippen LogP contribution in [0.4, 0.5) is 0 Å². The van der Waals surface area contributed by atoms with Gasteiger partial charge in [-0.1, -0.05) is 0 Å². The number of carbonyl (C=O) groups excluding carboxylic acids is 2. The van der Waals surface area contributed by atoms with E-state index in [1.807, 2.05) is 0 Å². The number of esters is 1. The third-order valence-corrected chi connectivity index (χ3v) is 2.68. The van der Waals surface area contributed by atoms with Crippen LogP contribution in [0, 0.1) is 17.3 Å². The lowest BCUT2D eigenvalue weighted by molar-refractivity contribution is -0.156. The Balaban J connectivity index is 2.93. The lowest BCUT2D eigenvalue weighted by atomic mass is 9.82. The van der Waals surface area contributed by atoms with Gasteiger partial charge in [0, 0.05) is 12.8 Å². The summed E-state index contributed by atoms with van der Waals surface area (Å²) in [7, 11) is 1.31. The molecule has 0 aromatic heterocycles. The number of Topliss-reactive ketones (excluding diaryl/α,β-unsaturated/α-hetero) is 1. The van der Waals surface area contributed by atoms with Gasteiger partial charge in [-0.25, -0.2) is 0 Å². The van der Waals surface area contributed by atoms with E-state index in [1.54, 1.807) is 6.92 Å². The van der Waals surface area contributed by atoms with E-state index >= 15 is 0 Å². The first-order valence-electron chi connectivity index (χ1n) is 4.68. The highest BCUT2D eigenvalue weighted by Crippen LogP contribution is 2.38. The van der Waals surface area contributed by atoms with E-state index in [0.717, 1.165) is 6.42 Å². The van der Waals surface area contributed by atoms with Gasteiger partial charge in [0.05, 0.1) is 7.11 Å². The van der Waals surface area contributed by atoms with Crippen molar-refractivity contribution in [3.63, 3.8) is 0 Å². The van der Waals surface area contributed by atoms with E-state index in [-0.39, 0.29) is 5.78 Å². The van der Waals surface area contributed by atoms with Gasteiger partial charge < -0.3 is 4.74 Å². The number of ketones is 1. The Morgan fingerprint density at radius 1 is 1.64 bits per heavy atom. The van der Waals surface area contributed by atoms with E-state index in [9.17, 15) is 9.59 Å². The second kappa shape index (κ2) is 4.28. The third-order valence-electron chi connectivity index (χ3n) is 2.68. The van der Waals surface area contributed by atoms with E-state index in [2.05, 4.69) is 16.6 Å². The minimum absolute atomic E-state index is 0.0212. The quantitative estimate of drug-likeness (QED) is 0.378. The van der Waals surface area contributed by atoms with Gasteiger partial charge in [-0.2, -0.15) is 0 Å². The van der Waals surface area contributed by atoms with E-state index in [0.29, 0.717) is 19.3 Å². The molecular formula is C11H14O3. The normalized spacial score (nSPS) is 25.4. The zero-order chi connectivity index (χ0) is 10.6. The fraction of sp³-hybridized carbons (Fsp3) is 0.636. The van der Waals surface area contributed by atoms with Crippen LogP contribution in [-0.4, -0.2) is 18.9 Å². The molecule has 0 N–H and O–H groups in total. The van der Waals surface area contributed by atoms with E-state index in [1.165, 1.54) is 7.11 Å². The maximum absolute atomic E-state index is 11.6. The summed E-state index contributed by atoms with van der Waals surface area (Å²) in [5, 5.41) is 0. The molecule has 1 aliphatic rings. The number of hydrogen-bond acceptors (Lipinski definition) is 3. The highest BCUT2D eigenvalue weighted by Gasteiger charge is 2.48. The van der Waals surface area contributed by atoms with Gasteiger partial charge in [0.25, 0.3) is 0 Å². The topological polar surface area (TPSA) is 43.4 Å². The molecule has 1 saturated carbocycles. The number of ether oxygens (including phenoxy) is 1. The first-order valence-corrected chi connectivity index (χ1v) is 4.68. The maximum Gasteiger partial charge on any atom is 0.320 e. The number of rotatable bonds is 2. The molecule has 0 radical (unpaired) electrons. The lowest BCUT2D eigenvalue weighted by Gasteiger charge is -2.21. The van der Waals surface area contributed by atoms with Crippen molar-refractivity contribution >= 4 is 11.8 Å². The zero-order valence-electron chi connectivity index (χ0n) is 8.55. The largest absolute Gasteiger partial charge is 0.468 e. The first-order chi connectivity index (χ1) is 6.67. The van der Waals surface area contributed by atoms with Crippen LogP contribution >= 0.6 is 0 Å². The molecule has 0 aromatic carbocycles. The predicted octanol–water partition coefficient (Wildman–Crippen LogP) is 1.31. The average molecular weight is 194 g/mol. The van der Waals surface area contributed by atoms with Crippen LogP contribution in [-0.2, 0) is 14.3 Å². The molecule has 1 fully saturated rings. The highest BCUT2D eigenvalue weighted by molar-refractivity contribution is 6.05. The second-order valence-corrected chi connectivity index (χ2v) is 3.45. The highest BCUT2D eigenvalue weighted by atomic mass is 16.5. The van der Waals surface area contributed by atoms with Crippen LogP contribution in [0.2, 0.25) is 0 Å². The molecule has 3 heteroatoms. The van der Waals surface area contributed by atoms with Gasteiger partial charge in [0.15, 0.2) is 5.78 Å². The van der Waals surface area contributed by atoms with E-state index in [4.69, 9.17) is 0 Å². The third kappa shape index (κ3) is 1.65. The lowest BCUT2D eigenvalue weighted by Crippen LogP contribution is -2.35. The molecular weight excluding hydrogens is 180 g/mol. The van der Waals surface area contributed by atoms with Gasteiger partial charge >= 0.3 is 5.97 Å². The molecule has 14 heavy (non-hydrogen) atoms. The van der Waals surface area contributed by atoms with Crippen molar-refractivity contribution in [3.8, 4) is 11.8 Å². The van der Waals surface area contributed by atoms with Gasteiger partial charge in [-0.15, -0.1) is 11.8 Å². The Morgan fingerprint density at radius 2 is 2.36 bits per heavy atom. The van der Waals surface area contributed by atoms with Gasteiger partial charge in [0.2, 0.25) is 0 Å². The van der Waals surface area contributed by atoms with Crippen molar-refractivity contribution in [2.75, 3.05) is 7.11 Å². The van der Waals surface area contributed by atoms with Crippen molar-refractivity contribution < 1.29 is 14.3 Å². The molecule has 3 nitrogen and oxygen atoms in total. The number of methoxy groups -OCH3 is 1. The predicted molar refractivity (Wildman–Crippen MR) is 51.4 cm³/mol. The van der Waals surface area contributed by atoms with Crippen LogP contribution in [0.25, 0.3) is 0 Å².